The highest BCUT2D eigenvalue weighted by Crippen LogP contribution is 2.40. The van der Waals surface area contributed by atoms with Gasteiger partial charge in [-0.05, 0) is 47.6 Å². The molecule has 20 heavy (non-hydrogen) atoms. The normalized spacial score (nSPS) is 14.8. The Labute approximate surface area is 117 Å². The third-order valence-electron chi connectivity index (χ3n) is 3.93. The zero-order valence-corrected chi connectivity index (χ0v) is 11.1. The van der Waals surface area contributed by atoms with Crippen LogP contribution in [0.4, 0.5) is 5.82 Å². The molecule has 3 heterocycles. The standard InChI is InChI=1S/C16H16N4/c17-15-4-1-10(7-18-15)5-13-9-20-16-14(13)6-12(8-19-16)11-2-3-11/h1,4,6-9,11H,2-3,5H2,(H2,17,18)(H,19,20). The summed E-state index contributed by atoms with van der Waals surface area (Å²) < 4.78 is 0. The lowest BCUT2D eigenvalue weighted by Gasteiger charge is -2.02. The number of nitrogen functional groups attached to an aromatic ring is 1. The fourth-order valence-electron chi connectivity index (χ4n) is 2.62. The van der Waals surface area contributed by atoms with Crippen molar-refractivity contribution in [2.75, 3.05) is 5.73 Å². The molecule has 0 radical (unpaired) electrons. The van der Waals surface area contributed by atoms with Crippen molar-refractivity contribution < 1.29 is 0 Å². The maximum atomic E-state index is 5.62. The summed E-state index contributed by atoms with van der Waals surface area (Å²) in [5.74, 6) is 1.29. The van der Waals surface area contributed by atoms with E-state index in [4.69, 9.17) is 5.73 Å². The molecule has 3 N–H and O–H groups in total. The lowest BCUT2D eigenvalue weighted by molar-refractivity contribution is 1.10. The van der Waals surface area contributed by atoms with Crippen molar-refractivity contribution in [2.24, 2.45) is 0 Å². The SMILES string of the molecule is Nc1ccc(Cc2c[nH]c3ncc(C4CC4)cc23)cn1. The van der Waals surface area contributed by atoms with Crippen molar-refractivity contribution in [3.05, 3.63) is 53.5 Å². The van der Waals surface area contributed by atoms with Gasteiger partial charge in [0.05, 0.1) is 0 Å². The molecular formula is C16H16N4. The molecule has 0 aliphatic heterocycles. The minimum atomic E-state index is 0.561. The van der Waals surface area contributed by atoms with Gasteiger partial charge in [0.25, 0.3) is 0 Å². The van der Waals surface area contributed by atoms with Gasteiger partial charge < -0.3 is 10.7 Å². The van der Waals surface area contributed by atoms with Crippen LogP contribution in [0.5, 0.6) is 0 Å². The van der Waals surface area contributed by atoms with Gasteiger partial charge in [-0.1, -0.05) is 6.07 Å². The number of anilines is 1. The van der Waals surface area contributed by atoms with Gasteiger partial charge in [0, 0.05) is 30.4 Å². The van der Waals surface area contributed by atoms with Crippen LogP contribution in [0.2, 0.25) is 0 Å². The molecule has 1 fully saturated rings. The third kappa shape index (κ3) is 2.03. The minimum absolute atomic E-state index is 0.561. The fraction of sp³-hybridized carbons (Fsp3) is 0.250. The van der Waals surface area contributed by atoms with E-state index < -0.39 is 0 Å². The number of nitrogens with zero attached hydrogens (tertiary/aromatic N) is 2. The number of hydrogen-bond acceptors (Lipinski definition) is 3. The van der Waals surface area contributed by atoms with Gasteiger partial charge >= 0.3 is 0 Å². The molecule has 0 bridgehead atoms. The quantitative estimate of drug-likeness (QED) is 0.764. The highest BCUT2D eigenvalue weighted by atomic mass is 14.8. The Bertz CT molecular complexity index is 754. The molecule has 3 aromatic heterocycles. The van der Waals surface area contributed by atoms with Gasteiger partial charge in [-0.3, -0.25) is 0 Å². The summed E-state index contributed by atoms with van der Waals surface area (Å²) in [6, 6.07) is 6.16. The van der Waals surface area contributed by atoms with Crippen molar-refractivity contribution in [2.45, 2.75) is 25.2 Å². The number of nitrogens with two attached hydrogens (primary N) is 1. The van der Waals surface area contributed by atoms with E-state index in [1.165, 1.54) is 29.4 Å². The van der Waals surface area contributed by atoms with Gasteiger partial charge in [-0.15, -0.1) is 0 Å². The summed E-state index contributed by atoms with van der Waals surface area (Å²) in [6.07, 6.45) is 9.34. The van der Waals surface area contributed by atoms with Crippen molar-refractivity contribution in [3.8, 4) is 0 Å². The van der Waals surface area contributed by atoms with Crippen LogP contribution in [0.15, 0.2) is 36.8 Å². The second kappa shape index (κ2) is 4.34. The molecule has 3 aromatic rings. The van der Waals surface area contributed by atoms with Crippen LogP contribution in [0.25, 0.3) is 11.0 Å². The zero-order valence-electron chi connectivity index (χ0n) is 11.1. The second-order valence-electron chi connectivity index (χ2n) is 5.52. The number of pyridine rings is 2. The molecule has 100 valence electrons. The van der Waals surface area contributed by atoms with Gasteiger partial charge in [0.15, 0.2) is 0 Å². The maximum absolute atomic E-state index is 5.62. The van der Waals surface area contributed by atoms with Crippen LogP contribution >= 0.6 is 0 Å². The molecule has 1 aliphatic rings. The first kappa shape index (κ1) is 11.5. The molecule has 0 atom stereocenters. The van der Waals surface area contributed by atoms with Crippen molar-refractivity contribution in [1.29, 1.82) is 0 Å². The fourth-order valence-corrected chi connectivity index (χ4v) is 2.62. The third-order valence-corrected chi connectivity index (χ3v) is 3.93. The van der Waals surface area contributed by atoms with E-state index in [-0.39, 0.29) is 0 Å². The Balaban J connectivity index is 1.71. The van der Waals surface area contributed by atoms with E-state index >= 15 is 0 Å². The van der Waals surface area contributed by atoms with E-state index in [1.54, 1.807) is 0 Å². The molecule has 0 spiro atoms. The molecule has 4 heteroatoms. The van der Waals surface area contributed by atoms with Crippen LogP contribution in [0, 0.1) is 0 Å². The van der Waals surface area contributed by atoms with Crippen LogP contribution in [0.3, 0.4) is 0 Å². The van der Waals surface area contributed by atoms with Gasteiger partial charge in [-0.2, -0.15) is 0 Å². The zero-order chi connectivity index (χ0) is 13.5. The Morgan fingerprint density at radius 3 is 2.85 bits per heavy atom. The molecule has 0 saturated heterocycles. The summed E-state index contributed by atoms with van der Waals surface area (Å²) in [6.45, 7) is 0. The lowest BCUT2D eigenvalue weighted by atomic mass is 10.0. The Morgan fingerprint density at radius 1 is 1.20 bits per heavy atom. The first-order valence-electron chi connectivity index (χ1n) is 6.96. The van der Waals surface area contributed by atoms with Crippen molar-refractivity contribution in [3.63, 3.8) is 0 Å². The predicted octanol–water partition coefficient (Wildman–Crippen LogP) is 3.01. The number of rotatable bonds is 3. The van der Waals surface area contributed by atoms with Crippen molar-refractivity contribution in [1.82, 2.24) is 15.0 Å². The first-order valence-corrected chi connectivity index (χ1v) is 6.96. The topological polar surface area (TPSA) is 67.6 Å². The number of nitrogens with one attached hydrogen (secondary N) is 1. The average Bonchev–Trinajstić information content (AvgIpc) is 3.24. The Kier molecular flexibility index (Phi) is 2.49. The van der Waals surface area contributed by atoms with E-state index in [9.17, 15) is 0 Å². The van der Waals surface area contributed by atoms with E-state index in [0.29, 0.717) is 5.82 Å². The van der Waals surface area contributed by atoms with Crippen molar-refractivity contribution >= 4 is 16.9 Å². The van der Waals surface area contributed by atoms with Gasteiger partial charge in [-0.25, -0.2) is 9.97 Å². The van der Waals surface area contributed by atoms with Crippen LogP contribution in [-0.4, -0.2) is 15.0 Å². The number of aromatic amines is 1. The molecular weight excluding hydrogens is 248 g/mol. The number of hydrogen-bond donors (Lipinski definition) is 2. The highest BCUT2D eigenvalue weighted by Gasteiger charge is 2.24. The predicted molar refractivity (Wildman–Crippen MR) is 79.5 cm³/mol. The van der Waals surface area contributed by atoms with Crippen LogP contribution < -0.4 is 5.73 Å². The minimum Gasteiger partial charge on any atom is -0.384 e. The Morgan fingerprint density at radius 2 is 2.10 bits per heavy atom. The molecule has 0 aromatic carbocycles. The van der Waals surface area contributed by atoms with E-state index in [2.05, 4.69) is 21.0 Å². The first-order chi connectivity index (χ1) is 9.79. The number of aromatic nitrogens is 3. The van der Waals surface area contributed by atoms with Crippen LogP contribution in [-0.2, 0) is 6.42 Å². The molecule has 0 amide bonds. The highest BCUT2D eigenvalue weighted by molar-refractivity contribution is 5.80. The largest absolute Gasteiger partial charge is 0.384 e. The second-order valence-corrected chi connectivity index (χ2v) is 5.52. The van der Waals surface area contributed by atoms with Gasteiger partial charge in [0.2, 0.25) is 0 Å². The monoisotopic (exact) mass is 264 g/mol. The molecule has 4 rings (SSSR count). The summed E-state index contributed by atoms with van der Waals surface area (Å²) in [5, 5.41) is 1.23. The number of H-pyrrole nitrogens is 1. The summed E-state index contributed by atoms with van der Waals surface area (Å²) >= 11 is 0. The smallest absolute Gasteiger partial charge is 0.137 e. The maximum Gasteiger partial charge on any atom is 0.137 e. The summed E-state index contributed by atoms with van der Waals surface area (Å²) in [7, 11) is 0. The van der Waals surface area contributed by atoms with E-state index in [1.807, 2.05) is 30.7 Å². The Hall–Kier alpha value is -2.36. The lowest BCUT2D eigenvalue weighted by Crippen LogP contribution is -1.93. The summed E-state index contributed by atoms with van der Waals surface area (Å²) in [4.78, 5) is 11.9. The van der Waals surface area contributed by atoms with Crippen LogP contribution in [0.1, 0.15) is 35.4 Å². The average molecular weight is 264 g/mol. The van der Waals surface area contributed by atoms with E-state index in [0.717, 1.165) is 23.5 Å². The molecule has 4 nitrogen and oxygen atoms in total. The van der Waals surface area contributed by atoms with Gasteiger partial charge in [0.1, 0.15) is 11.5 Å². The number of fused-ring (bicyclic) bond motifs is 1. The molecule has 1 aliphatic carbocycles. The summed E-state index contributed by atoms with van der Waals surface area (Å²) in [5.41, 5.74) is 10.4. The molecule has 1 saturated carbocycles. The molecule has 0 unspecified atom stereocenters.